The molecule has 0 bridgehead atoms. The molecule has 1 aromatic carbocycles. The van der Waals surface area contributed by atoms with Gasteiger partial charge in [-0.05, 0) is 51.1 Å². The molecule has 3 aromatic rings. The van der Waals surface area contributed by atoms with Crippen LogP contribution in [0.15, 0.2) is 35.5 Å². The summed E-state index contributed by atoms with van der Waals surface area (Å²) >= 11 is 1.40. The first-order valence-corrected chi connectivity index (χ1v) is 10.7. The number of hydrogen-bond acceptors (Lipinski definition) is 6. The summed E-state index contributed by atoms with van der Waals surface area (Å²) in [4.78, 5) is 12.9. The monoisotopic (exact) mass is 428 g/mol. The second kappa shape index (κ2) is 9.49. The van der Waals surface area contributed by atoms with Crippen molar-refractivity contribution < 1.29 is 14.3 Å². The number of thioether (sulfide) groups is 1. The highest BCUT2D eigenvalue weighted by molar-refractivity contribution is 7.99. The minimum Gasteiger partial charge on any atom is -0.497 e. The zero-order valence-corrected chi connectivity index (χ0v) is 19.1. The number of nitrogens with zero attached hydrogens (tertiary/aromatic N) is 4. The third-order valence-corrected chi connectivity index (χ3v) is 6.17. The molecular weight excluding hydrogens is 400 g/mol. The number of rotatable bonds is 9. The van der Waals surface area contributed by atoms with Crippen LogP contribution in [-0.4, -0.2) is 51.7 Å². The number of aryl methyl sites for hydroxylation is 1. The molecule has 0 aliphatic carbocycles. The molecule has 30 heavy (non-hydrogen) atoms. The second-order valence-corrected chi connectivity index (χ2v) is 8.21. The lowest BCUT2D eigenvalue weighted by Crippen LogP contribution is -2.14. The van der Waals surface area contributed by atoms with Crippen molar-refractivity contribution in [3.05, 3.63) is 47.3 Å². The molecular formula is C22H28N4O3S. The number of carbonyl (C=O) groups is 1. The van der Waals surface area contributed by atoms with Crippen molar-refractivity contribution >= 4 is 17.5 Å². The van der Waals surface area contributed by atoms with Crippen LogP contribution in [0, 0.1) is 13.8 Å². The molecule has 0 aliphatic rings. The first-order valence-electron chi connectivity index (χ1n) is 9.74. The van der Waals surface area contributed by atoms with Gasteiger partial charge in [0.1, 0.15) is 5.75 Å². The van der Waals surface area contributed by atoms with Crippen molar-refractivity contribution in [3.8, 4) is 17.1 Å². The summed E-state index contributed by atoms with van der Waals surface area (Å²) in [6.07, 6.45) is 0. The number of hydrogen-bond donors (Lipinski definition) is 0. The van der Waals surface area contributed by atoms with Gasteiger partial charge < -0.3 is 18.6 Å². The van der Waals surface area contributed by atoms with Gasteiger partial charge in [-0.2, -0.15) is 0 Å². The molecule has 0 fully saturated rings. The number of methoxy groups -OCH3 is 2. The number of aromatic nitrogens is 4. The van der Waals surface area contributed by atoms with Crippen molar-refractivity contribution in [2.45, 2.75) is 32.0 Å². The highest BCUT2D eigenvalue weighted by Gasteiger charge is 2.20. The van der Waals surface area contributed by atoms with Gasteiger partial charge in [0, 0.05) is 36.7 Å². The van der Waals surface area contributed by atoms with Gasteiger partial charge in [0.05, 0.1) is 25.5 Å². The number of ether oxygens (including phenoxy) is 2. The fourth-order valence-electron chi connectivity index (χ4n) is 3.69. The van der Waals surface area contributed by atoms with E-state index in [1.165, 1.54) is 11.8 Å². The lowest BCUT2D eigenvalue weighted by Gasteiger charge is -2.17. The van der Waals surface area contributed by atoms with E-state index in [-0.39, 0.29) is 11.8 Å². The van der Waals surface area contributed by atoms with Crippen molar-refractivity contribution in [3.63, 3.8) is 0 Å². The Balaban J connectivity index is 1.72. The topological polar surface area (TPSA) is 71.2 Å². The molecule has 2 heterocycles. The minimum absolute atomic E-state index is 0.0814. The van der Waals surface area contributed by atoms with Crippen molar-refractivity contribution in [1.82, 2.24) is 19.3 Å². The smallest absolute Gasteiger partial charge is 0.191 e. The zero-order valence-electron chi connectivity index (χ0n) is 18.3. The van der Waals surface area contributed by atoms with E-state index >= 15 is 0 Å². The molecule has 1 atom stereocenters. The highest BCUT2D eigenvalue weighted by Crippen LogP contribution is 2.26. The molecule has 0 saturated heterocycles. The van der Waals surface area contributed by atoms with Crippen LogP contribution in [0.2, 0.25) is 0 Å². The quantitative estimate of drug-likeness (QED) is 0.378. The highest BCUT2D eigenvalue weighted by atomic mass is 32.2. The maximum absolute atomic E-state index is 12.9. The molecule has 0 spiro atoms. The van der Waals surface area contributed by atoms with E-state index in [9.17, 15) is 4.79 Å². The van der Waals surface area contributed by atoms with Gasteiger partial charge in [0.15, 0.2) is 16.8 Å². The molecule has 7 nitrogen and oxygen atoms in total. The van der Waals surface area contributed by atoms with Gasteiger partial charge in [-0.3, -0.25) is 4.79 Å². The third-order valence-electron chi connectivity index (χ3n) is 5.15. The summed E-state index contributed by atoms with van der Waals surface area (Å²) in [5.74, 6) is 1.92. The summed E-state index contributed by atoms with van der Waals surface area (Å²) in [6, 6.07) is 9.80. The van der Waals surface area contributed by atoms with E-state index in [4.69, 9.17) is 9.47 Å². The molecule has 0 N–H and O–H groups in total. The minimum atomic E-state index is 0.0814. The van der Waals surface area contributed by atoms with E-state index < -0.39 is 0 Å². The Hall–Kier alpha value is -2.58. The van der Waals surface area contributed by atoms with Gasteiger partial charge in [0.2, 0.25) is 0 Å². The summed E-state index contributed by atoms with van der Waals surface area (Å²) < 4.78 is 14.5. The van der Waals surface area contributed by atoms with Gasteiger partial charge in [-0.1, -0.05) is 11.8 Å². The predicted octanol–water partition coefficient (Wildman–Crippen LogP) is 4.09. The molecule has 0 amide bonds. The van der Waals surface area contributed by atoms with E-state index in [0.29, 0.717) is 17.5 Å². The Labute approximate surface area is 181 Å². The van der Waals surface area contributed by atoms with E-state index in [1.807, 2.05) is 55.8 Å². The van der Waals surface area contributed by atoms with E-state index in [1.54, 1.807) is 14.2 Å². The van der Waals surface area contributed by atoms with E-state index in [0.717, 1.165) is 34.1 Å². The van der Waals surface area contributed by atoms with Crippen LogP contribution < -0.4 is 4.74 Å². The van der Waals surface area contributed by atoms with Crippen molar-refractivity contribution in [2.75, 3.05) is 26.6 Å². The zero-order chi connectivity index (χ0) is 21.8. The molecule has 2 aromatic heterocycles. The summed E-state index contributed by atoms with van der Waals surface area (Å²) in [6.45, 7) is 6.70. The summed E-state index contributed by atoms with van der Waals surface area (Å²) in [5, 5.41) is 9.27. The Bertz CT molecular complexity index is 1020. The number of ketones is 1. The van der Waals surface area contributed by atoms with Gasteiger partial charge in [0.25, 0.3) is 0 Å². The van der Waals surface area contributed by atoms with Gasteiger partial charge in [-0.15, -0.1) is 10.2 Å². The molecule has 8 heteroatoms. The van der Waals surface area contributed by atoms with Crippen LogP contribution in [0.3, 0.4) is 0 Å². The van der Waals surface area contributed by atoms with Crippen LogP contribution in [0.4, 0.5) is 0 Å². The van der Waals surface area contributed by atoms with Crippen LogP contribution in [0.5, 0.6) is 5.75 Å². The van der Waals surface area contributed by atoms with Crippen molar-refractivity contribution in [2.24, 2.45) is 7.05 Å². The fraction of sp³-hybridized carbons (Fsp3) is 0.409. The summed E-state index contributed by atoms with van der Waals surface area (Å²) in [5.41, 5.74) is 3.73. The Morgan fingerprint density at radius 1 is 1.17 bits per heavy atom. The number of Topliss-reactive ketones (excluding diaryl/α,β-unsaturated/α-hetero) is 1. The average molecular weight is 429 g/mol. The molecule has 160 valence electrons. The van der Waals surface area contributed by atoms with Crippen LogP contribution in [-0.2, 0) is 11.8 Å². The molecule has 0 radical (unpaired) electrons. The van der Waals surface area contributed by atoms with Crippen molar-refractivity contribution in [1.29, 1.82) is 0 Å². The normalized spacial score (nSPS) is 12.2. The Kier molecular flexibility index (Phi) is 6.99. The fourth-order valence-corrected chi connectivity index (χ4v) is 4.49. The number of carbonyl (C=O) groups excluding carboxylic acids is 1. The maximum Gasteiger partial charge on any atom is 0.191 e. The lowest BCUT2D eigenvalue weighted by molar-refractivity contribution is 0.102. The Morgan fingerprint density at radius 2 is 1.87 bits per heavy atom. The average Bonchev–Trinajstić information content (AvgIpc) is 3.25. The molecule has 0 aliphatic heterocycles. The van der Waals surface area contributed by atoms with Gasteiger partial charge >= 0.3 is 0 Å². The third kappa shape index (κ3) is 4.44. The number of benzene rings is 1. The van der Waals surface area contributed by atoms with Crippen LogP contribution in [0.1, 0.15) is 34.7 Å². The standard InChI is InChI=1S/C22H28N4O3S/c1-14-11-19(16(3)26(14)15(2)12-28-5)20(27)13-30-22-24-23-21(25(22)4)17-7-9-18(29-6)10-8-17/h7-11,15H,12-13H2,1-6H3. The molecule has 1 unspecified atom stereocenters. The van der Waals surface area contributed by atoms with Crippen LogP contribution in [0.25, 0.3) is 11.4 Å². The SMILES string of the molecule is COCC(C)n1c(C)cc(C(=O)CSc2nnc(-c3ccc(OC)cc3)n2C)c1C. The van der Waals surface area contributed by atoms with E-state index in [2.05, 4.69) is 21.7 Å². The maximum atomic E-state index is 12.9. The van der Waals surface area contributed by atoms with Crippen LogP contribution >= 0.6 is 11.8 Å². The Morgan fingerprint density at radius 3 is 2.50 bits per heavy atom. The second-order valence-electron chi connectivity index (χ2n) is 7.26. The molecule has 3 rings (SSSR count). The first kappa shape index (κ1) is 22.1. The molecule has 0 saturated carbocycles. The lowest BCUT2D eigenvalue weighted by atomic mass is 10.2. The van der Waals surface area contributed by atoms with Gasteiger partial charge in [-0.25, -0.2) is 0 Å². The predicted molar refractivity (Wildman–Crippen MR) is 119 cm³/mol. The summed E-state index contributed by atoms with van der Waals surface area (Å²) in [7, 11) is 5.23. The first-order chi connectivity index (χ1) is 14.4. The largest absolute Gasteiger partial charge is 0.497 e.